The molecule has 5 nitrogen and oxygen atoms in total. The molecule has 1 heterocycles. The summed E-state index contributed by atoms with van der Waals surface area (Å²) in [6.07, 6.45) is -0.155. The molecular weight excluding hydrogens is 314 g/mol. The van der Waals surface area contributed by atoms with Crippen LogP contribution in [0.5, 0.6) is 5.75 Å². The van der Waals surface area contributed by atoms with Crippen molar-refractivity contribution in [1.82, 2.24) is 4.31 Å². The Kier molecular flexibility index (Phi) is 4.54. The van der Waals surface area contributed by atoms with Crippen molar-refractivity contribution in [3.63, 3.8) is 0 Å². The van der Waals surface area contributed by atoms with E-state index < -0.39 is 15.6 Å². The van der Waals surface area contributed by atoms with Crippen molar-refractivity contribution in [1.29, 1.82) is 0 Å². The van der Waals surface area contributed by atoms with E-state index in [1.165, 1.54) is 17.5 Å². The van der Waals surface area contributed by atoms with Gasteiger partial charge in [0.1, 0.15) is 10.6 Å². The Morgan fingerprint density at radius 1 is 1.43 bits per heavy atom. The van der Waals surface area contributed by atoms with Gasteiger partial charge in [-0.3, -0.25) is 0 Å². The molecule has 7 heteroatoms. The molecule has 21 heavy (non-hydrogen) atoms. The molecule has 0 spiro atoms. The standard InChI is InChI=1S/C14H20ClNO4S/c1-10-8-16(14(2,3)9-20-10)21(17,18)13-7-11(15)5-6-12(13)19-4/h5-7,10H,8-9H2,1-4H3. The second-order valence-corrected chi connectivity index (χ2v) is 8.03. The van der Waals surface area contributed by atoms with Crippen molar-refractivity contribution in [2.45, 2.75) is 37.3 Å². The second kappa shape index (κ2) is 5.76. The monoisotopic (exact) mass is 333 g/mol. The van der Waals surface area contributed by atoms with Crippen LogP contribution in [0.15, 0.2) is 23.1 Å². The van der Waals surface area contributed by atoms with Crippen molar-refractivity contribution < 1.29 is 17.9 Å². The quantitative estimate of drug-likeness (QED) is 0.853. The summed E-state index contributed by atoms with van der Waals surface area (Å²) in [6.45, 7) is 6.18. The minimum absolute atomic E-state index is 0.0830. The van der Waals surface area contributed by atoms with E-state index in [2.05, 4.69) is 0 Å². The normalized spacial score (nSPS) is 23.0. The van der Waals surface area contributed by atoms with Crippen LogP contribution in [0.3, 0.4) is 0 Å². The number of ether oxygens (including phenoxy) is 2. The van der Waals surface area contributed by atoms with Gasteiger partial charge in [0, 0.05) is 11.6 Å². The molecule has 0 N–H and O–H groups in total. The van der Waals surface area contributed by atoms with E-state index in [0.29, 0.717) is 18.2 Å². The minimum atomic E-state index is -3.72. The highest BCUT2D eigenvalue weighted by atomic mass is 35.5. The van der Waals surface area contributed by atoms with Crippen molar-refractivity contribution in [3.05, 3.63) is 23.2 Å². The highest BCUT2D eigenvalue weighted by Gasteiger charge is 2.42. The topological polar surface area (TPSA) is 55.8 Å². The molecule has 0 saturated carbocycles. The van der Waals surface area contributed by atoms with Gasteiger partial charge in [-0.15, -0.1) is 0 Å². The summed E-state index contributed by atoms with van der Waals surface area (Å²) >= 11 is 5.96. The number of rotatable bonds is 3. The van der Waals surface area contributed by atoms with Crippen LogP contribution in [0, 0.1) is 0 Å². The summed E-state index contributed by atoms with van der Waals surface area (Å²) in [5.41, 5.74) is -0.626. The number of morpholine rings is 1. The molecule has 1 aliphatic heterocycles. The van der Waals surface area contributed by atoms with Crippen molar-refractivity contribution >= 4 is 21.6 Å². The third-order valence-electron chi connectivity index (χ3n) is 3.51. The number of benzene rings is 1. The zero-order valence-electron chi connectivity index (χ0n) is 12.6. The summed E-state index contributed by atoms with van der Waals surface area (Å²) in [5, 5.41) is 0.355. The molecule has 0 radical (unpaired) electrons. The first-order valence-electron chi connectivity index (χ1n) is 6.66. The molecule has 0 aliphatic carbocycles. The number of hydrogen-bond acceptors (Lipinski definition) is 4. The van der Waals surface area contributed by atoms with Crippen LogP contribution in [-0.4, -0.2) is 44.6 Å². The maximum absolute atomic E-state index is 13.0. The average Bonchev–Trinajstić information content (AvgIpc) is 2.41. The highest BCUT2D eigenvalue weighted by Crippen LogP contribution is 2.34. The van der Waals surface area contributed by atoms with Gasteiger partial charge in [0.15, 0.2) is 0 Å². The first kappa shape index (κ1) is 16.5. The van der Waals surface area contributed by atoms with Crippen LogP contribution < -0.4 is 4.74 Å². The molecule has 2 rings (SSSR count). The lowest BCUT2D eigenvalue weighted by Gasteiger charge is -2.43. The summed E-state index contributed by atoms with van der Waals surface area (Å²) in [7, 11) is -2.28. The average molecular weight is 334 g/mol. The maximum atomic E-state index is 13.0. The first-order chi connectivity index (χ1) is 9.68. The van der Waals surface area contributed by atoms with Crippen LogP contribution in [0.25, 0.3) is 0 Å². The number of sulfonamides is 1. The first-order valence-corrected chi connectivity index (χ1v) is 8.48. The van der Waals surface area contributed by atoms with Gasteiger partial charge < -0.3 is 9.47 Å². The third-order valence-corrected chi connectivity index (χ3v) is 5.85. The Bertz CT molecular complexity index is 630. The number of methoxy groups -OCH3 is 1. The van der Waals surface area contributed by atoms with E-state index in [4.69, 9.17) is 21.1 Å². The lowest BCUT2D eigenvalue weighted by Crippen LogP contribution is -2.57. The molecule has 1 aromatic carbocycles. The largest absolute Gasteiger partial charge is 0.495 e. The predicted octanol–water partition coefficient (Wildman–Crippen LogP) is 2.54. The van der Waals surface area contributed by atoms with Gasteiger partial charge >= 0.3 is 0 Å². The van der Waals surface area contributed by atoms with Crippen molar-refractivity contribution in [2.24, 2.45) is 0 Å². The Morgan fingerprint density at radius 3 is 2.71 bits per heavy atom. The fourth-order valence-corrected chi connectivity index (χ4v) is 4.61. The molecule has 1 atom stereocenters. The fourth-order valence-electron chi connectivity index (χ4n) is 2.35. The molecule has 1 aromatic rings. The third kappa shape index (κ3) is 3.18. The van der Waals surface area contributed by atoms with E-state index >= 15 is 0 Å². The number of nitrogens with zero attached hydrogens (tertiary/aromatic N) is 1. The van der Waals surface area contributed by atoms with E-state index in [1.54, 1.807) is 12.1 Å². The van der Waals surface area contributed by atoms with Crippen LogP contribution in [-0.2, 0) is 14.8 Å². The van der Waals surface area contributed by atoms with Gasteiger partial charge in [0.2, 0.25) is 10.0 Å². The Morgan fingerprint density at radius 2 is 2.10 bits per heavy atom. The molecule has 1 fully saturated rings. The number of halogens is 1. The summed E-state index contributed by atoms with van der Waals surface area (Å²) in [4.78, 5) is 0.0830. The van der Waals surface area contributed by atoms with Gasteiger partial charge in [0.25, 0.3) is 0 Å². The SMILES string of the molecule is COc1ccc(Cl)cc1S(=O)(=O)N1CC(C)OCC1(C)C. The molecule has 1 unspecified atom stereocenters. The summed E-state index contributed by atoms with van der Waals surface area (Å²) < 4.78 is 38.2. The van der Waals surface area contributed by atoms with Crippen LogP contribution in [0.4, 0.5) is 0 Å². The van der Waals surface area contributed by atoms with Crippen LogP contribution in [0.1, 0.15) is 20.8 Å². The van der Waals surface area contributed by atoms with E-state index in [-0.39, 0.29) is 16.7 Å². The number of hydrogen-bond donors (Lipinski definition) is 0. The molecular formula is C14H20ClNO4S. The lowest BCUT2D eigenvalue weighted by atomic mass is 10.1. The smallest absolute Gasteiger partial charge is 0.247 e. The molecule has 1 aliphatic rings. The zero-order chi connectivity index (χ0) is 15.8. The Labute approximate surface area is 130 Å². The van der Waals surface area contributed by atoms with E-state index in [0.717, 1.165) is 0 Å². The van der Waals surface area contributed by atoms with Gasteiger partial charge in [-0.2, -0.15) is 4.31 Å². The Balaban J connectivity index is 2.53. The summed E-state index contributed by atoms with van der Waals surface area (Å²) in [6, 6.07) is 4.59. The van der Waals surface area contributed by atoms with Gasteiger partial charge in [-0.1, -0.05) is 11.6 Å². The Hall–Kier alpha value is -0.820. The van der Waals surface area contributed by atoms with Crippen LogP contribution >= 0.6 is 11.6 Å². The summed E-state index contributed by atoms with van der Waals surface area (Å²) in [5.74, 6) is 0.286. The van der Waals surface area contributed by atoms with Gasteiger partial charge in [-0.05, 0) is 39.0 Å². The van der Waals surface area contributed by atoms with E-state index in [9.17, 15) is 8.42 Å². The molecule has 0 aromatic heterocycles. The molecule has 0 bridgehead atoms. The minimum Gasteiger partial charge on any atom is -0.495 e. The fraction of sp³-hybridized carbons (Fsp3) is 0.571. The zero-order valence-corrected chi connectivity index (χ0v) is 14.2. The van der Waals surface area contributed by atoms with Gasteiger partial charge in [-0.25, -0.2) is 8.42 Å². The maximum Gasteiger partial charge on any atom is 0.247 e. The second-order valence-electron chi connectivity index (χ2n) is 5.77. The molecule has 118 valence electrons. The molecule has 1 saturated heterocycles. The predicted molar refractivity (Wildman–Crippen MR) is 81.4 cm³/mol. The highest BCUT2D eigenvalue weighted by molar-refractivity contribution is 7.89. The lowest BCUT2D eigenvalue weighted by molar-refractivity contribution is -0.0551. The van der Waals surface area contributed by atoms with Crippen molar-refractivity contribution in [3.8, 4) is 5.75 Å². The van der Waals surface area contributed by atoms with E-state index in [1.807, 2.05) is 20.8 Å². The van der Waals surface area contributed by atoms with Crippen LogP contribution in [0.2, 0.25) is 5.02 Å². The molecule has 0 amide bonds. The van der Waals surface area contributed by atoms with Gasteiger partial charge in [0.05, 0.1) is 25.4 Å². The van der Waals surface area contributed by atoms with Crippen molar-refractivity contribution in [2.75, 3.05) is 20.3 Å².